The van der Waals surface area contributed by atoms with Crippen molar-refractivity contribution in [3.05, 3.63) is 51.7 Å². The van der Waals surface area contributed by atoms with Crippen LogP contribution in [0, 0.1) is 5.82 Å². The fourth-order valence-electron chi connectivity index (χ4n) is 2.41. The maximum Gasteiger partial charge on any atom is 0.434 e. The van der Waals surface area contributed by atoms with Gasteiger partial charge in [-0.3, -0.25) is 0 Å². The number of thiazole rings is 1. The van der Waals surface area contributed by atoms with E-state index in [9.17, 15) is 17.6 Å². The average Bonchev–Trinajstić information content (AvgIpc) is 3.07. The fourth-order valence-corrected chi connectivity index (χ4v) is 3.14. The predicted molar refractivity (Wildman–Crippen MR) is 115 cm³/mol. The monoisotopic (exact) mass is 530 g/mol. The molecule has 2 aromatic rings. The van der Waals surface area contributed by atoms with Crippen LogP contribution in [0.15, 0.2) is 34.6 Å². The van der Waals surface area contributed by atoms with E-state index < -0.39 is 17.3 Å². The van der Waals surface area contributed by atoms with Gasteiger partial charge in [-0.2, -0.15) is 13.2 Å². The summed E-state index contributed by atoms with van der Waals surface area (Å²) in [6.45, 7) is 6.68. The number of halogens is 5. The van der Waals surface area contributed by atoms with Crippen LogP contribution in [0.1, 0.15) is 37.0 Å². The molecule has 1 aromatic carbocycles. The van der Waals surface area contributed by atoms with E-state index in [0.29, 0.717) is 24.6 Å². The van der Waals surface area contributed by atoms with Gasteiger partial charge in [-0.25, -0.2) is 14.4 Å². The number of hydrogen-bond acceptors (Lipinski definition) is 3. The Labute approximate surface area is 182 Å². The number of aliphatic imine (C=N–C) groups is 1. The first kappa shape index (κ1) is 24.6. The Morgan fingerprint density at radius 3 is 2.43 bits per heavy atom. The summed E-state index contributed by atoms with van der Waals surface area (Å²) < 4.78 is 51.9. The number of hydrogen-bond donors (Lipinski definition) is 2. The van der Waals surface area contributed by atoms with Gasteiger partial charge < -0.3 is 10.6 Å². The molecular weight excluding hydrogens is 507 g/mol. The zero-order chi connectivity index (χ0) is 20.1. The van der Waals surface area contributed by atoms with Crippen molar-refractivity contribution in [2.75, 3.05) is 13.1 Å². The molecule has 0 spiro atoms. The van der Waals surface area contributed by atoms with Crippen molar-refractivity contribution in [2.24, 2.45) is 4.99 Å². The highest BCUT2D eigenvalue weighted by atomic mass is 127. The molecule has 0 aliphatic heterocycles. The minimum absolute atomic E-state index is 0. The van der Waals surface area contributed by atoms with Crippen molar-refractivity contribution >= 4 is 41.3 Å². The molecule has 0 unspecified atom stereocenters. The van der Waals surface area contributed by atoms with Crippen molar-refractivity contribution < 1.29 is 17.6 Å². The molecule has 0 aliphatic rings. The van der Waals surface area contributed by atoms with Crippen molar-refractivity contribution in [3.8, 4) is 0 Å². The first-order valence-electron chi connectivity index (χ1n) is 8.42. The van der Waals surface area contributed by atoms with Crippen LogP contribution >= 0.6 is 35.3 Å². The number of benzene rings is 1. The van der Waals surface area contributed by atoms with Gasteiger partial charge in [-0.05, 0) is 18.6 Å². The molecule has 0 amide bonds. The zero-order valence-corrected chi connectivity index (χ0v) is 18.9. The number of aromatic nitrogens is 1. The largest absolute Gasteiger partial charge is 0.434 e. The van der Waals surface area contributed by atoms with Crippen molar-refractivity contribution in [1.82, 2.24) is 15.6 Å². The van der Waals surface area contributed by atoms with Crippen molar-refractivity contribution in [2.45, 2.75) is 38.9 Å². The van der Waals surface area contributed by atoms with Crippen LogP contribution in [-0.2, 0) is 18.1 Å². The first-order chi connectivity index (χ1) is 12.6. The van der Waals surface area contributed by atoms with Crippen LogP contribution in [0.3, 0.4) is 0 Å². The van der Waals surface area contributed by atoms with Crippen LogP contribution in [0.2, 0.25) is 0 Å². The molecular formula is C18H23F4IN4S. The first-order valence-corrected chi connectivity index (χ1v) is 9.30. The normalized spacial score (nSPS) is 12.5. The molecule has 0 aliphatic carbocycles. The quantitative estimate of drug-likeness (QED) is 0.241. The Morgan fingerprint density at radius 1 is 1.18 bits per heavy atom. The second-order valence-corrected chi connectivity index (χ2v) is 7.48. The zero-order valence-electron chi connectivity index (χ0n) is 15.7. The molecule has 28 heavy (non-hydrogen) atoms. The highest BCUT2D eigenvalue weighted by molar-refractivity contribution is 14.0. The molecule has 0 atom stereocenters. The Morgan fingerprint density at radius 2 is 1.86 bits per heavy atom. The van der Waals surface area contributed by atoms with Crippen LogP contribution in [0.4, 0.5) is 17.6 Å². The number of nitrogens with zero attached hydrogens (tertiary/aromatic N) is 2. The summed E-state index contributed by atoms with van der Waals surface area (Å²) in [5.74, 6) is 0.152. The maximum absolute atomic E-state index is 14.1. The Bertz CT molecular complexity index is 790. The highest BCUT2D eigenvalue weighted by Gasteiger charge is 2.33. The fraction of sp³-hybridized carbons (Fsp3) is 0.444. The minimum Gasteiger partial charge on any atom is -0.357 e. The third-order valence-electron chi connectivity index (χ3n) is 3.86. The van der Waals surface area contributed by atoms with Gasteiger partial charge in [0, 0.05) is 23.9 Å². The predicted octanol–water partition coefficient (Wildman–Crippen LogP) is 4.95. The summed E-state index contributed by atoms with van der Waals surface area (Å²) in [7, 11) is 0. The van der Waals surface area contributed by atoms with Gasteiger partial charge in [0.1, 0.15) is 10.8 Å². The third kappa shape index (κ3) is 6.87. The summed E-state index contributed by atoms with van der Waals surface area (Å²) in [4.78, 5) is 7.84. The van der Waals surface area contributed by atoms with Crippen molar-refractivity contribution in [3.63, 3.8) is 0 Å². The smallest absolute Gasteiger partial charge is 0.357 e. The number of rotatable bonds is 6. The van der Waals surface area contributed by atoms with E-state index >= 15 is 0 Å². The molecule has 2 rings (SSSR count). The van der Waals surface area contributed by atoms with E-state index in [1.165, 1.54) is 6.07 Å². The van der Waals surface area contributed by atoms with Gasteiger partial charge >= 0.3 is 6.18 Å². The summed E-state index contributed by atoms with van der Waals surface area (Å²) in [5, 5.41) is 7.40. The SMILES string of the molecule is CCNC(=NCc1nc(C(F)(F)F)cs1)NCC(C)(C)c1ccccc1F.I. The van der Waals surface area contributed by atoms with E-state index in [-0.39, 0.29) is 41.3 Å². The van der Waals surface area contributed by atoms with E-state index in [0.717, 1.165) is 16.7 Å². The van der Waals surface area contributed by atoms with Crippen LogP contribution in [0.25, 0.3) is 0 Å². The molecule has 1 aromatic heterocycles. The maximum atomic E-state index is 14.1. The van der Waals surface area contributed by atoms with E-state index in [1.54, 1.807) is 18.2 Å². The standard InChI is InChI=1S/C18H22F4N4S.HI/c1-4-23-16(24-9-15-26-14(10-27-15)18(20,21)22)25-11-17(2,3)12-7-5-6-8-13(12)19;/h5-8,10H,4,9,11H2,1-3H3,(H2,23,24,25);1H. The van der Waals surface area contributed by atoms with E-state index in [2.05, 4.69) is 20.6 Å². The summed E-state index contributed by atoms with van der Waals surface area (Å²) in [6, 6.07) is 6.56. The Hall–Kier alpha value is -1.43. The second kappa shape index (κ2) is 10.4. The summed E-state index contributed by atoms with van der Waals surface area (Å²) in [5.41, 5.74) is -0.842. The lowest BCUT2D eigenvalue weighted by Gasteiger charge is -2.27. The van der Waals surface area contributed by atoms with Gasteiger partial charge in [-0.1, -0.05) is 32.0 Å². The summed E-state index contributed by atoms with van der Waals surface area (Å²) >= 11 is 0.916. The van der Waals surface area contributed by atoms with Gasteiger partial charge in [0.05, 0.1) is 6.54 Å². The molecule has 0 fully saturated rings. The van der Waals surface area contributed by atoms with Gasteiger partial charge in [0.2, 0.25) is 0 Å². The molecule has 1 heterocycles. The van der Waals surface area contributed by atoms with Crippen LogP contribution < -0.4 is 10.6 Å². The van der Waals surface area contributed by atoms with Gasteiger partial charge in [0.25, 0.3) is 0 Å². The average molecular weight is 530 g/mol. The van der Waals surface area contributed by atoms with E-state index in [4.69, 9.17) is 0 Å². The van der Waals surface area contributed by atoms with Crippen molar-refractivity contribution in [1.29, 1.82) is 0 Å². The third-order valence-corrected chi connectivity index (χ3v) is 4.69. The number of alkyl halides is 3. The molecule has 2 N–H and O–H groups in total. The molecule has 0 saturated carbocycles. The molecule has 156 valence electrons. The topological polar surface area (TPSA) is 49.3 Å². The molecule has 4 nitrogen and oxygen atoms in total. The molecule has 0 bridgehead atoms. The molecule has 0 radical (unpaired) electrons. The second-order valence-electron chi connectivity index (χ2n) is 6.54. The summed E-state index contributed by atoms with van der Waals surface area (Å²) in [6.07, 6.45) is -4.45. The number of guanidine groups is 1. The Balaban J connectivity index is 0.00000392. The van der Waals surface area contributed by atoms with Crippen LogP contribution in [0.5, 0.6) is 0 Å². The lowest BCUT2D eigenvalue weighted by Crippen LogP contribution is -2.43. The lowest BCUT2D eigenvalue weighted by atomic mass is 9.84. The Kier molecular flexibility index (Phi) is 9.12. The van der Waals surface area contributed by atoms with E-state index in [1.807, 2.05) is 20.8 Å². The van der Waals surface area contributed by atoms with Gasteiger partial charge in [0.15, 0.2) is 11.7 Å². The molecule has 0 saturated heterocycles. The lowest BCUT2D eigenvalue weighted by molar-refractivity contribution is -0.140. The van der Waals surface area contributed by atoms with Gasteiger partial charge in [-0.15, -0.1) is 35.3 Å². The minimum atomic E-state index is -4.45. The van der Waals surface area contributed by atoms with Crippen LogP contribution in [-0.4, -0.2) is 24.0 Å². The highest BCUT2D eigenvalue weighted by Crippen LogP contribution is 2.30. The number of nitrogens with one attached hydrogen (secondary N) is 2. The molecule has 10 heteroatoms.